The Morgan fingerprint density at radius 2 is 2.03 bits per heavy atom. The Kier molecular flexibility index (Phi) is 6.57. The molecule has 4 saturated heterocycles. The summed E-state index contributed by atoms with van der Waals surface area (Å²) < 4.78 is 4.82. The predicted octanol–water partition coefficient (Wildman–Crippen LogP) is -1.35. The van der Waals surface area contributed by atoms with Gasteiger partial charge in [-0.3, -0.25) is 19.3 Å². The number of hydrogen-bond donors (Lipinski definition) is 3. The number of carbonyl (C=O) groups is 3. The monoisotopic (exact) mass is 440 g/mol. The third-order valence-corrected chi connectivity index (χ3v) is 8.94. The highest BCUT2D eigenvalue weighted by Gasteiger charge is 2.73. The number of hydrogen-bond acceptors (Lipinski definition) is 7. The number of fused-ring (bicyclic) bond motifs is 1. The minimum atomic E-state index is -0.587. The number of amides is 3. The smallest absolute Gasteiger partial charge is 0.244 e. The van der Waals surface area contributed by atoms with E-state index in [0.717, 1.165) is 32.5 Å². The van der Waals surface area contributed by atoms with Crippen LogP contribution in [0.2, 0.25) is 0 Å². The van der Waals surface area contributed by atoms with Crippen molar-refractivity contribution >= 4 is 29.5 Å². The standard InChI is InChI=1S/C20H32N4O5S/c1-21-17(26)14-13-3-4-20(30-13)15(14)19(28)24(6-2-10-25)16(20)18(27)22-5-7-23-8-11-29-12-9-23/h13-16,25H,2-12H2,1H3,(H,21,26)(H,22,27)/t13-,14+,15-,16?,20?/m0/s1. The van der Waals surface area contributed by atoms with Crippen LogP contribution in [0.15, 0.2) is 0 Å². The molecule has 0 saturated carbocycles. The van der Waals surface area contributed by atoms with Gasteiger partial charge in [-0.1, -0.05) is 0 Å². The van der Waals surface area contributed by atoms with Crippen molar-refractivity contribution in [2.75, 3.05) is 59.6 Å². The minimum Gasteiger partial charge on any atom is -0.396 e. The highest BCUT2D eigenvalue weighted by atomic mass is 32.2. The molecule has 0 aromatic heterocycles. The first-order chi connectivity index (χ1) is 14.5. The Morgan fingerprint density at radius 3 is 2.73 bits per heavy atom. The molecule has 4 aliphatic heterocycles. The molecular formula is C20H32N4O5S. The third kappa shape index (κ3) is 3.61. The van der Waals surface area contributed by atoms with E-state index in [9.17, 15) is 19.5 Å². The Balaban J connectivity index is 1.51. The highest BCUT2D eigenvalue weighted by Crippen LogP contribution is 2.66. The summed E-state index contributed by atoms with van der Waals surface area (Å²) in [5.74, 6) is -1.20. The van der Waals surface area contributed by atoms with E-state index in [0.29, 0.717) is 32.7 Å². The molecule has 0 radical (unpaired) electrons. The van der Waals surface area contributed by atoms with Crippen LogP contribution in [-0.4, -0.2) is 108 Å². The number of rotatable bonds is 8. The lowest BCUT2D eigenvalue weighted by atomic mass is 9.71. The van der Waals surface area contributed by atoms with Crippen molar-refractivity contribution in [1.82, 2.24) is 20.4 Å². The zero-order valence-corrected chi connectivity index (χ0v) is 18.3. The van der Waals surface area contributed by atoms with E-state index in [1.807, 2.05) is 0 Å². The molecule has 0 aromatic rings. The van der Waals surface area contributed by atoms with Crippen molar-refractivity contribution in [3.63, 3.8) is 0 Å². The van der Waals surface area contributed by atoms with Gasteiger partial charge in [0.2, 0.25) is 17.7 Å². The summed E-state index contributed by atoms with van der Waals surface area (Å²) in [6.07, 6.45) is 2.03. The van der Waals surface area contributed by atoms with Gasteiger partial charge in [0.05, 0.1) is 29.8 Å². The second-order valence-corrected chi connectivity index (χ2v) is 10.1. The van der Waals surface area contributed by atoms with Crippen molar-refractivity contribution in [1.29, 1.82) is 0 Å². The third-order valence-electron chi connectivity index (χ3n) is 6.99. The normalized spacial score (nSPS) is 35.5. The van der Waals surface area contributed by atoms with E-state index in [2.05, 4.69) is 15.5 Å². The number of likely N-dealkylation sites (tertiary alicyclic amines) is 1. The Hall–Kier alpha value is -1.36. The fourth-order valence-corrected chi connectivity index (χ4v) is 7.88. The molecule has 4 heterocycles. The maximum atomic E-state index is 13.4. The molecule has 4 fully saturated rings. The molecule has 30 heavy (non-hydrogen) atoms. The quantitative estimate of drug-likeness (QED) is 0.428. The van der Waals surface area contributed by atoms with E-state index < -0.39 is 16.7 Å². The van der Waals surface area contributed by atoms with Crippen LogP contribution in [0.4, 0.5) is 0 Å². The van der Waals surface area contributed by atoms with Gasteiger partial charge in [-0.05, 0) is 19.3 Å². The number of aliphatic hydroxyl groups excluding tert-OH is 1. The van der Waals surface area contributed by atoms with Crippen molar-refractivity contribution in [3.05, 3.63) is 0 Å². The average Bonchev–Trinajstić information content (AvgIpc) is 3.39. The molecule has 0 aromatic carbocycles. The van der Waals surface area contributed by atoms with E-state index in [1.54, 1.807) is 23.7 Å². The number of carbonyl (C=O) groups excluding carboxylic acids is 3. The van der Waals surface area contributed by atoms with E-state index in [-0.39, 0.29) is 35.5 Å². The number of nitrogens with zero attached hydrogens (tertiary/aromatic N) is 2. The van der Waals surface area contributed by atoms with Gasteiger partial charge in [0, 0.05) is 51.6 Å². The first kappa shape index (κ1) is 21.9. The molecule has 10 heteroatoms. The van der Waals surface area contributed by atoms with Gasteiger partial charge in [0.1, 0.15) is 6.04 Å². The number of thioether (sulfide) groups is 1. The Bertz CT molecular complexity index is 688. The highest BCUT2D eigenvalue weighted by molar-refractivity contribution is 8.02. The van der Waals surface area contributed by atoms with Crippen LogP contribution < -0.4 is 10.6 Å². The van der Waals surface area contributed by atoms with Crippen LogP contribution in [-0.2, 0) is 19.1 Å². The summed E-state index contributed by atoms with van der Waals surface area (Å²) in [6.45, 7) is 4.70. The molecular weight excluding hydrogens is 408 g/mol. The van der Waals surface area contributed by atoms with Gasteiger partial charge in [0.15, 0.2) is 0 Å². The van der Waals surface area contributed by atoms with Crippen molar-refractivity contribution in [2.24, 2.45) is 11.8 Å². The first-order valence-electron chi connectivity index (χ1n) is 10.9. The van der Waals surface area contributed by atoms with Gasteiger partial charge < -0.3 is 25.4 Å². The summed E-state index contributed by atoms with van der Waals surface area (Å²) >= 11 is 1.67. The second-order valence-electron chi connectivity index (χ2n) is 8.52. The second kappa shape index (κ2) is 9.02. The molecule has 2 bridgehead atoms. The zero-order valence-electron chi connectivity index (χ0n) is 17.5. The molecule has 4 rings (SSSR count). The van der Waals surface area contributed by atoms with Crippen LogP contribution in [0.3, 0.4) is 0 Å². The number of morpholine rings is 1. The predicted molar refractivity (Wildman–Crippen MR) is 112 cm³/mol. The Labute approximate surface area is 181 Å². The van der Waals surface area contributed by atoms with Gasteiger partial charge >= 0.3 is 0 Å². The SMILES string of the molecule is CNC(=O)[C@@H]1[C@@H]2CCC3(S2)C(C(=O)NCCN2CCOCC2)N(CCCO)C(=O)[C@H]13. The lowest BCUT2D eigenvalue weighted by molar-refractivity contribution is -0.140. The molecule has 3 N–H and O–H groups in total. The van der Waals surface area contributed by atoms with Gasteiger partial charge in [-0.15, -0.1) is 11.8 Å². The van der Waals surface area contributed by atoms with Crippen LogP contribution in [0, 0.1) is 11.8 Å². The van der Waals surface area contributed by atoms with Crippen LogP contribution in [0.25, 0.3) is 0 Å². The molecule has 168 valence electrons. The summed E-state index contributed by atoms with van der Waals surface area (Å²) in [6, 6.07) is -0.587. The molecule has 1 spiro atoms. The fraction of sp³-hybridized carbons (Fsp3) is 0.850. The molecule has 9 nitrogen and oxygen atoms in total. The first-order valence-corrected chi connectivity index (χ1v) is 11.8. The lowest BCUT2D eigenvalue weighted by Gasteiger charge is -2.34. The number of ether oxygens (including phenoxy) is 1. The Morgan fingerprint density at radius 1 is 1.27 bits per heavy atom. The summed E-state index contributed by atoms with van der Waals surface area (Å²) in [7, 11) is 1.60. The van der Waals surface area contributed by atoms with E-state index in [1.165, 1.54) is 0 Å². The fourth-order valence-electron chi connectivity index (χ4n) is 5.66. The topological polar surface area (TPSA) is 111 Å². The van der Waals surface area contributed by atoms with Crippen molar-refractivity contribution < 1.29 is 24.2 Å². The van der Waals surface area contributed by atoms with E-state index in [4.69, 9.17) is 4.74 Å². The summed E-state index contributed by atoms with van der Waals surface area (Å²) in [4.78, 5) is 43.2. The molecule has 2 unspecified atom stereocenters. The minimum absolute atomic E-state index is 0.0402. The van der Waals surface area contributed by atoms with Gasteiger partial charge in [-0.25, -0.2) is 0 Å². The average molecular weight is 441 g/mol. The molecule has 4 aliphatic rings. The maximum absolute atomic E-state index is 13.4. The van der Waals surface area contributed by atoms with E-state index >= 15 is 0 Å². The van der Waals surface area contributed by atoms with Crippen molar-refractivity contribution in [3.8, 4) is 0 Å². The zero-order chi connectivity index (χ0) is 21.3. The van der Waals surface area contributed by atoms with Crippen LogP contribution in [0.5, 0.6) is 0 Å². The van der Waals surface area contributed by atoms with Crippen molar-refractivity contribution in [2.45, 2.75) is 35.3 Å². The number of nitrogens with one attached hydrogen (secondary N) is 2. The largest absolute Gasteiger partial charge is 0.396 e. The lowest BCUT2D eigenvalue weighted by Crippen LogP contribution is -2.54. The van der Waals surface area contributed by atoms with Gasteiger partial charge in [0.25, 0.3) is 0 Å². The van der Waals surface area contributed by atoms with Crippen LogP contribution >= 0.6 is 11.8 Å². The summed E-state index contributed by atoms with van der Waals surface area (Å²) in [5, 5.41) is 15.2. The molecule has 0 aliphatic carbocycles. The molecule has 5 atom stereocenters. The maximum Gasteiger partial charge on any atom is 0.244 e. The molecule has 3 amide bonds. The van der Waals surface area contributed by atoms with Crippen LogP contribution in [0.1, 0.15) is 19.3 Å². The van der Waals surface area contributed by atoms with Gasteiger partial charge in [-0.2, -0.15) is 0 Å². The summed E-state index contributed by atoms with van der Waals surface area (Å²) in [5.41, 5.74) is 0. The number of aliphatic hydroxyl groups is 1.